The molecule has 2 aliphatic heterocycles. The third-order valence-corrected chi connectivity index (χ3v) is 4.45. The first-order valence-electron chi connectivity index (χ1n) is 4.81. The van der Waals surface area contributed by atoms with Gasteiger partial charge in [-0.1, -0.05) is 0 Å². The lowest BCUT2D eigenvalue weighted by Crippen LogP contribution is -2.56. The van der Waals surface area contributed by atoms with E-state index in [9.17, 15) is 13.2 Å². The van der Waals surface area contributed by atoms with Crippen molar-refractivity contribution < 1.29 is 13.2 Å². The molecule has 2 heterocycles. The first-order chi connectivity index (χ1) is 6.57. The van der Waals surface area contributed by atoms with Gasteiger partial charge in [-0.3, -0.25) is 4.79 Å². The maximum absolute atomic E-state index is 11.5. The number of hydrogen-bond donors (Lipinski definition) is 2. The third-order valence-electron chi connectivity index (χ3n) is 2.63. The van der Waals surface area contributed by atoms with Crippen LogP contribution in [0.1, 0.15) is 12.8 Å². The molecule has 0 bridgehead atoms. The zero-order valence-electron chi connectivity index (χ0n) is 7.82. The molecule has 2 fully saturated rings. The summed E-state index contributed by atoms with van der Waals surface area (Å²) in [6.07, 6.45) is 1.87. The van der Waals surface area contributed by atoms with Crippen molar-refractivity contribution >= 4 is 15.7 Å². The van der Waals surface area contributed by atoms with Gasteiger partial charge in [-0.05, 0) is 19.4 Å². The van der Waals surface area contributed by atoms with Crippen LogP contribution in [-0.4, -0.2) is 44.5 Å². The van der Waals surface area contributed by atoms with Crippen LogP contribution >= 0.6 is 0 Å². The molecule has 0 radical (unpaired) electrons. The second-order valence-corrected chi connectivity index (χ2v) is 6.09. The maximum atomic E-state index is 11.5. The van der Waals surface area contributed by atoms with Crippen LogP contribution < -0.4 is 10.6 Å². The van der Waals surface area contributed by atoms with Gasteiger partial charge < -0.3 is 10.6 Å². The highest BCUT2D eigenvalue weighted by Crippen LogP contribution is 2.11. The van der Waals surface area contributed by atoms with Crippen LogP contribution in [0.3, 0.4) is 0 Å². The third kappa shape index (κ3) is 2.06. The highest BCUT2D eigenvalue weighted by molar-refractivity contribution is 7.92. The molecule has 14 heavy (non-hydrogen) atoms. The number of rotatable bonds is 2. The molecular weight excluding hydrogens is 204 g/mol. The van der Waals surface area contributed by atoms with Gasteiger partial charge in [0, 0.05) is 0 Å². The summed E-state index contributed by atoms with van der Waals surface area (Å²) in [5.74, 6) is 0.152. The second kappa shape index (κ2) is 3.51. The van der Waals surface area contributed by atoms with Gasteiger partial charge in [-0.25, -0.2) is 8.42 Å². The molecule has 0 spiro atoms. The van der Waals surface area contributed by atoms with Crippen molar-refractivity contribution in [3.8, 4) is 0 Å². The van der Waals surface area contributed by atoms with E-state index in [0.29, 0.717) is 0 Å². The normalized spacial score (nSPS) is 31.0. The predicted molar refractivity (Wildman–Crippen MR) is 51.6 cm³/mol. The molecule has 1 atom stereocenters. The van der Waals surface area contributed by atoms with E-state index in [1.54, 1.807) is 0 Å². The molecule has 6 heteroatoms. The highest BCUT2D eigenvalue weighted by atomic mass is 32.2. The van der Waals surface area contributed by atoms with Crippen LogP contribution in [-0.2, 0) is 14.6 Å². The minimum Gasteiger partial charge on any atom is -0.350 e. The van der Waals surface area contributed by atoms with Gasteiger partial charge >= 0.3 is 0 Å². The Bertz CT molecular complexity index is 320. The van der Waals surface area contributed by atoms with Crippen molar-refractivity contribution in [1.82, 2.24) is 10.6 Å². The van der Waals surface area contributed by atoms with Gasteiger partial charge in [-0.15, -0.1) is 0 Å². The fraction of sp³-hybridized carbons (Fsp3) is 0.875. The van der Waals surface area contributed by atoms with Crippen molar-refractivity contribution in [2.24, 2.45) is 0 Å². The van der Waals surface area contributed by atoms with Gasteiger partial charge in [-0.2, -0.15) is 0 Å². The van der Waals surface area contributed by atoms with Crippen molar-refractivity contribution in [1.29, 1.82) is 0 Å². The van der Waals surface area contributed by atoms with Crippen LogP contribution in [0.5, 0.6) is 0 Å². The molecule has 80 valence electrons. The first kappa shape index (κ1) is 9.92. The van der Waals surface area contributed by atoms with E-state index in [1.807, 2.05) is 0 Å². The van der Waals surface area contributed by atoms with E-state index < -0.39 is 9.84 Å². The van der Waals surface area contributed by atoms with E-state index in [2.05, 4.69) is 10.6 Å². The number of hydrogen-bond acceptors (Lipinski definition) is 4. The van der Waals surface area contributed by atoms with Crippen LogP contribution in [0.25, 0.3) is 0 Å². The lowest BCUT2D eigenvalue weighted by molar-refractivity contribution is -0.123. The molecule has 5 nitrogen and oxygen atoms in total. The maximum Gasteiger partial charge on any atom is 0.237 e. The summed E-state index contributed by atoms with van der Waals surface area (Å²) in [5, 5.41) is 5.80. The summed E-state index contributed by atoms with van der Waals surface area (Å²) in [7, 11) is -2.83. The number of carbonyl (C=O) groups excluding carboxylic acids is 1. The SMILES string of the molecule is O=C(NC1CS(=O)(=O)C1)C1CCCN1. The summed E-state index contributed by atoms with van der Waals surface area (Å²) in [4.78, 5) is 11.5. The summed E-state index contributed by atoms with van der Waals surface area (Å²) >= 11 is 0. The van der Waals surface area contributed by atoms with E-state index in [0.717, 1.165) is 19.4 Å². The Morgan fingerprint density at radius 2 is 2.07 bits per heavy atom. The zero-order valence-corrected chi connectivity index (χ0v) is 8.64. The quantitative estimate of drug-likeness (QED) is 0.601. The summed E-state index contributed by atoms with van der Waals surface area (Å²) in [5.41, 5.74) is 0. The summed E-state index contributed by atoms with van der Waals surface area (Å²) in [6.45, 7) is 0.876. The van der Waals surface area contributed by atoms with Crippen molar-refractivity contribution in [3.63, 3.8) is 0 Å². The molecule has 2 N–H and O–H groups in total. The molecule has 2 aliphatic rings. The van der Waals surface area contributed by atoms with Gasteiger partial charge in [0.15, 0.2) is 9.84 Å². The van der Waals surface area contributed by atoms with E-state index in [1.165, 1.54) is 0 Å². The minimum atomic E-state index is -2.83. The van der Waals surface area contributed by atoms with Crippen LogP contribution in [0.15, 0.2) is 0 Å². The standard InChI is InChI=1S/C8H14N2O3S/c11-8(7-2-1-3-9-7)10-6-4-14(12,13)5-6/h6-7,9H,1-5H2,(H,10,11). The highest BCUT2D eigenvalue weighted by Gasteiger charge is 2.35. The monoisotopic (exact) mass is 218 g/mol. The number of sulfone groups is 1. The van der Waals surface area contributed by atoms with Crippen LogP contribution in [0.4, 0.5) is 0 Å². The Kier molecular flexibility index (Phi) is 2.48. The molecule has 1 amide bonds. The summed E-state index contributed by atoms with van der Waals surface area (Å²) in [6, 6.07) is -0.270. The van der Waals surface area contributed by atoms with Crippen molar-refractivity contribution in [3.05, 3.63) is 0 Å². The smallest absolute Gasteiger partial charge is 0.237 e. The van der Waals surface area contributed by atoms with Crippen LogP contribution in [0.2, 0.25) is 0 Å². The topological polar surface area (TPSA) is 75.3 Å². The molecular formula is C8H14N2O3S. The Morgan fingerprint density at radius 1 is 1.36 bits per heavy atom. The lowest BCUT2D eigenvalue weighted by atomic mass is 10.2. The van der Waals surface area contributed by atoms with Crippen molar-refractivity contribution in [2.45, 2.75) is 24.9 Å². The summed E-state index contributed by atoms with van der Waals surface area (Å²) < 4.78 is 21.7. The van der Waals surface area contributed by atoms with Gasteiger partial charge in [0.05, 0.1) is 23.6 Å². The molecule has 0 aromatic heterocycles. The Morgan fingerprint density at radius 3 is 2.57 bits per heavy atom. The largest absolute Gasteiger partial charge is 0.350 e. The molecule has 0 aromatic rings. The first-order valence-corrected chi connectivity index (χ1v) is 6.63. The molecule has 0 aliphatic carbocycles. The van der Waals surface area contributed by atoms with E-state index in [4.69, 9.17) is 0 Å². The second-order valence-electron chi connectivity index (χ2n) is 3.93. The predicted octanol–water partition coefficient (Wildman–Crippen LogP) is -1.35. The molecule has 2 rings (SSSR count). The Hall–Kier alpha value is -0.620. The van der Waals surface area contributed by atoms with Gasteiger partial charge in [0.25, 0.3) is 0 Å². The number of amides is 1. The van der Waals surface area contributed by atoms with Gasteiger partial charge in [0.2, 0.25) is 5.91 Å². The Labute approximate surface area is 83.2 Å². The van der Waals surface area contributed by atoms with Gasteiger partial charge in [0.1, 0.15) is 0 Å². The minimum absolute atomic E-state index is 0.0533. The molecule has 2 saturated heterocycles. The molecule has 0 saturated carbocycles. The van der Waals surface area contributed by atoms with E-state index >= 15 is 0 Å². The van der Waals surface area contributed by atoms with Crippen molar-refractivity contribution in [2.75, 3.05) is 18.1 Å². The van der Waals surface area contributed by atoms with Crippen LogP contribution in [0, 0.1) is 0 Å². The average Bonchev–Trinajstić information content (AvgIpc) is 2.51. The zero-order chi connectivity index (χ0) is 10.2. The fourth-order valence-electron chi connectivity index (χ4n) is 1.86. The number of nitrogens with one attached hydrogen (secondary N) is 2. The van der Waals surface area contributed by atoms with E-state index in [-0.39, 0.29) is 29.5 Å². The molecule has 1 unspecified atom stereocenters. The lowest BCUT2D eigenvalue weighted by Gasteiger charge is -2.27. The Balaban J connectivity index is 1.78. The molecule has 0 aromatic carbocycles. The fourth-order valence-corrected chi connectivity index (χ4v) is 3.15. The number of carbonyl (C=O) groups is 1. The average molecular weight is 218 g/mol.